The van der Waals surface area contributed by atoms with E-state index in [0.717, 1.165) is 11.1 Å². The fourth-order valence-corrected chi connectivity index (χ4v) is 3.38. The maximum Gasteiger partial charge on any atom is 0.341 e. The molecule has 1 unspecified atom stereocenters. The van der Waals surface area contributed by atoms with Crippen LogP contribution in [0, 0.1) is 5.41 Å². The van der Waals surface area contributed by atoms with E-state index in [-0.39, 0.29) is 30.5 Å². The normalized spacial score (nSPS) is 16.1. The molecular formula is C20H28BN2O6S. The summed E-state index contributed by atoms with van der Waals surface area (Å²) in [6.45, 7) is 9.46. The number of primary sulfonamides is 1. The Morgan fingerprint density at radius 1 is 1.30 bits per heavy atom. The zero-order valence-corrected chi connectivity index (χ0v) is 18.4. The van der Waals surface area contributed by atoms with Gasteiger partial charge < -0.3 is 14.8 Å². The number of amides is 1. The molecule has 0 aliphatic carbocycles. The SMILES string of the molecule is C=C(OCOC(=O)c1cccc2c1C[B]C(NC(=O)CCS(N)(=O)=O)C2)C(C)(C)C. The number of carbonyl (C=O) groups excluding carboxylic acids is 2. The van der Waals surface area contributed by atoms with Crippen LogP contribution < -0.4 is 10.5 Å². The van der Waals surface area contributed by atoms with Crippen molar-refractivity contribution in [1.82, 2.24) is 5.32 Å². The van der Waals surface area contributed by atoms with Crippen LogP contribution in [0.4, 0.5) is 0 Å². The largest absolute Gasteiger partial charge is 0.462 e. The molecule has 1 aromatic carbocycles. The molecule has 0 saturated carbocycles. The minimum absolute atomic E-state index is 0.192. The Bertz CT molecular complexity index is 924. The number of rotatable bonds is 8. The number of nitrogens with two attached hydrogens (primary N) is 1. The topological polar surface area (TPSA) is 125 Å². The maximum atomic E-state index is 12.5. The molecule has 1 radical (unpaired) electrons. The van der Waals surface area contributed by atoms with Crippen LogP contribution in [0.2, 0.25) is 0 Å². The fraction of sp³-hybridized carbons (Fsp3) is 0.500. The minimum atomic E-state index is -3.68. The molecule has 0 spiro atoms. The fourth-order valence-electron chi connectivity index (χ4n) is 2.91. The first kappa shape index (κ1) is 23.9. The highest BCUT2D eigenvalue weighted by Gasteiger charge is 2.26. The van der Waals surface area contributed by atoms with Crippen LogP contribution in [-0.4, -0.2) is 46.1 Å². The van der Waals surface area contributed by atoms with E-state index < -0.39 is 21.7 Å². The quantitative estimate of drug-likeness (QED) is 0.274. The van der Waals surface area contributed by atoms with Crippen LogP contribution in [-0.2, 0) is 37.0 Å². The van der Waals surface area contributed by atoms with Crippen molar-refractivity contribution in [2.45, 2.75) is 45.9 Å². The molecule has 0 bridgehead atoms. The van der Waals surface area contributed by atoms with Gasteiger partial charge in [0.2, 0.25) is 22.7 Å². The zero-order chi connectivity index (χ0) is 22.5. The van der Waals surface area contributed by atoms with Crippen molar-refractivity contribution in [2.24, 2.45) is 10.6 Å². The second-order valence-corrected chi connectivity index (χ2v) is 9.98. The van der Waals surface area contributed by atoms with Crippen molar-refractivity contribution in [3.63, 3.8) is 0 Å². The van der Waals surface area contributed by atoms with Gasteiger partial charge in [-0.1, -0.05) is 45.8 Å². The van der Waals surface area contributed by atoms with Crippen molar-refractivity contribution in [2.75, 3.05) is 12.5 Å². The molecule has 2 rings (SSSR count). The number of benzene rings is 1. The van der Waals surface area contributed by atoms with Gasteiger partial charge in [-0.25, -0.2) is 18.4 Å². The highest BCUT2D eigenvalue weighted by Crippen LogP contribution is 2.25. The molecule has 1 heterocycles. The molecule has 1 aromatic rings. The Morgan fingerprint density at radius 2 is 2.00 bits per heavy atom. The first-order valence-corrected chi connectivity index (χ1v) is 11.3. The van der Waals surface area contributed by atoms with Gasteiger partial charge >= 0.3 is 5.97 Å². The number of fused-ring (bicyclic) bond motifs is 1. The molecule has 1 atom stereocenters. The molecule has 8 nitrogen and oxygen atoms in total. The lowest BCUT2D eigenvalue weighted by molar-refractivity contribution is -0.120. The van der Waals surface area contributed by atoms with E-state index in [1.165, 1.54) is 0 Å². The number of ether oxygens (including phenoxy) is 2. The molecule has 1 aliphatic rings. The molecule has 0 aromatic heterocycles. The Labute approximate surface area is 178 Å². The number of hydrogen-bond donors (Lipinski definition) is 2. The lowest BCUT2D eigenvalue weighted by Crippen LogP contribution is -2.44. The standard InChI is InChI=1S/C20H28BN2O6S/c1-13(20(2,3)4)28-12-29-19(25)15-7-5-6-14-10-17(21-11-16(14)15)23-18(24)8-9-30(22,26)27/h5-7,17H,1,8-12H2,2-4H3,(H,23,24)(H2,22,26,27). The summed E-state index contributed by atoms with van der Waals surface area (Å²) in [5, 5.41) is 7.71. The van der Waals surface area contributed by atoms with E-state index >= 15 is 0 Å². The van der Waals surface area contributed by atoms with Crippen LogP contribution in [0.15, 0.2) is 30.5 Å². The van der Waals surface area contributed by atoms with Crippen molar-refractivity contribution in [3.05, 3.63) is 47.2 Å². The Kier molecular flexibility index (Phi) is 7.71. The predicted molar refractivity (Wildman–Crippen MR) is 114 cm³/mol. The second-order valence-electron chi connectivity index (χ2n) is 8.25. The van der Waals surface area contributed by atoms with Crippen LogP contribution in [0.1, 0.15) is 48.7 Å². The van der Waals surface area contributed by atoms with Gasteiger partial charge in [-0.3, -0.25) is 4.79 Å². The lowest BCUT2D eigenvalue weighted by atomic mass is 9.57. The summed E-state index contributed by atoms with van der Waals surface area (Å²) < 4.78 is 32.6. The Morgan fingerprint density at radius 3 is 2.63 bits per heavy atom. The molecule has 30 heavy (non-hydrogen) atoms. The molecule has 1 aliphatic heterocycles. The Hall–Kier alpha value is -2.33. The summed E-state index contributed by atoms with van der Waals surface area (Å²) in [7, 11) is -1.80. The van der Waals surface area contributed by atoms with E-state index in [1.807, 2.05) is 34.1 Å². The van der Waals surface area contributed by atoms with Gasteiger partial charge in [0.05, 0.1) is 17.1 Å². The summed E-state index contributed by atoms with van der Waals surface area (Å²) >= 11 is 0. The number of nitrogens with one attached hydrogen (secondary N) is 1. The summed E-state index contributed by atoms with van der Waals surface area (Å²) in [5.41, 5.74) is 1.96. The number of carbonyl (C=O) groups is 2. The highest BCUT2D eigenvalue weighted by atomic mass is 32.2. The highest BCUT2D eigenvalue weighted by molar-refractivity contribution is 7.89. The summed E-state index contributed by atoms with van der Waals surface area (Å²) in [4.78, 5) is 24.4. The predicted octanol–water partition coefficient (Wildman–Crippen LogP) is 1.26. The van der Waals surface area contributed by atoms with Crippen molar-refractivity contribution in [3.8, 4) is 0 Å². The van der Waals surface area contributed by atoms with E-state index in [1.54, 1.807) is 12.1 Å². The second kappa shape index (κ2) is 9.66. The van der Waals surface area contributed by atoms with Crippen LogP contribution in [0.25, 0.3) is 0 Å². The average molecular weight is 435 g/mol. The monoisotopic (exact) mass is 435 g/mol. The number of esters is 1. The number of sulfonamides is 1. The third-order valence-corrected chi connectivity index (χ3v) is 5.53. The van der Waals surface area contributed by atoms with E-state index in [0.29, 0.717) is 24.1 Å². The summed E-state index contributed by atoms with van der Waals surface area (Å²) in [6, 6.07) is 5.34. The molecule has 0 saturated heterocycles. The van der Waals surface area contributed by atoms with Crippen molar-refractivity contribution < 1.29 is 27.5 Å². The molecule has 3 N–H and O–H groups in total. The van der Waals surface area contributed by atoms with Gasteiger partial charge in [-0.05, 0) is 23.6 Å². The van der Waals surface area contributed by atoms with Crippen molar-refractivity contribution >= 4 is 29.2 Å². The number of hydrogen-bond acceptors (Lipinski definition) is 6. The van der Waals surface area contributed by atoms with Gasteiger partial charge in [0, 0.05) is 17.8 Å². The zero-order valence-electron chi connectivity index (χ0n) is 17.6. The van der Waals surface area contributed by atoms with Gasteiger partial charge in [0.15, 0.2) is 0 Å². The van der Waals surface area contributed by atoms with E-state index in [4.69, 9.17) is 14.6 Å². The molecule has 163 valence electrons. The van der Waals surface area contributed by atoms with Gasteiger partial charge in [0.1, 0.15) is 7.28 Å². The molecular weight excluding hydrogens is 407 g/mol. The van der Waals surface area contributed by atoms with Crippen LogP contribution >= 0.6 is 0 Å². The Balaban J connectivity index is 1.95. The van der Waals surface area contributed by atoms with Gasteiger partial charge in [-0.15, -0.1) is 0 Å². The van der Waals surface area contributed by atoms with Crippen LogP contribution in [0.3, 0.4) is 0 Å². The first-order chi connectivity index (χ1) is 13.9. The summed E-state index contributed by atoms with van der Waals surface area (Å²) in [5.74, 6) is -1.00. The molecule has 0 fully saturated rings. The summed E-state index contributed by atoms with van der Waals surface area (Å²) in [6.07, 6.45) is 0.771. The maximum absolute atomic E-state index is 12.5. The average Bonchev–Trinajstić information content (AvgIpc) is 2.64. The van der Waals surface area contributed by atoms with Crippen molar-refractivity contribution in [1.29, 1.82) is 0 Å². The molecule has 10 heteroatoms. The lowest BCUT2D eigenvalue weighted by Gasteiger charge is -2.26. The van der Waals surface area contributed by atoms with E-state index in [2.05, 4.69) is 11.9 Å². The number of allylic oxidation sites excluding steroid dienone is 1. The van der Waals surface area contributed by atoms with Crippen LogP contribution in [0.5, 0.6) is 0 Å². The first-order valence-electron chi connectivity index (χ1n) is 9.60. The van der Waals surface area contributed by atoms with Gasteiger partial charge in [-0.2, -0.15) is 0 Å². The third kappa shape index (κ3) is 7.18. The van der Waals surface area contributed by atoms with E-state index in [9.17, 15) is 18.0 Å². The minimum Gasteiger partial charge on any atom is -0.462 e. The molecule has 1 amide bonds. The van der Waals surface area contributed by atoms with Gasteiger partial charge in [0.25, 0.3) is 0 Å². The smallest absolute Gasteiger partial charge is 0.341 e. The third-order valence-electron chi connectivity index (χ3n) is 4.76.